The quantitative estimate of drug-likeness (QED) is 0.822. The smallest absolute Gasteiger partial charge is 0.263 e. The maximum atomic E-state index is 12.2. The number of hydrogen-bond acceptors (Lipinski definition) is 3. The molecule has 1 aromatic heterocycles. The predicted octanol–water partition coefficient (Wildman–Crippen LogP) is 4.10. The number of aromatic nitrogens is 1. The summed E-state index contributed by atoms with van der Waals surface area (Å²) in [5.74, 6) is 0.902. The van der Waals surface area contributed by atoms with Crippen molar-refractivity contribution in [3.63, 3.8) is 0 Å². The first kappa shape index (κ1) is 15.5. The Kier molecular flexibility index (Phi) is 6.02. The van der Waals surface area contributed by atoms with Gasteiger partial charge in [0.2, 0.25) is 0 Å². The molecule has 1 heterocycles. The van der Waals surface area contributed by atoms with Crippen LogP contribution in [0.5, 0.6) is 0 Å². The average Bonchev–Trinajstić information content (AvgIpc) is 3.06. The summed E-state index contributed by atoms with van der Waals surface area (Å²) in [5.41, 5.74) is 0.888. The molecule has 0 saturated heterocycles. The van der Waals surface area contributed by atoms with Crippen LogP contribution in [0.4, 0.5) is 0 Å². The third-order valence-corrected chi connectivity index (χ3v) is 5.32. The zero-order chi connectivity index (χ0) is 14.4. The topological polar surface area (TPSA) is 42.0 Å². The van der Waals surface area contributed by atoms with Crippen LogP contribution in [0.1, 0.15) is 72.2 Å². The summed E-state index contributed by atoms with van der Waals surface area (Å²) in [7, 11) is 0. The molecule has 0 atom stereocenters. The zero-order valence-electron chi connectivity index (χ0n) is 12.7. The Morgan fingerprint density at radius 1 is 1.40 bits per heavy atom. The van der Waals surface area contributed by atoms with Crippen molar-refractivity contribution in [2.45, 2.75) is 65.2 Å². The molecule has 0 aromatic carbocycles. The lowest BCUT2D eigenvalue weighted by atomic mass is 10.0. The highest BCUT2D eigenvalue weighted by molar-refractivity contribution is 7.13. The van der Waals surface area contributed by atoms with E-state index in [1.807, 2.05) is 6.92 Å². The Morgan fingerprint density at radius 3 is 2.85 bits per heavy atom. The molecule has 0 aliphatic heterocycles. The summed E-state index contributed by atoms with van der Waals surface area (Å²) >= 11 is 1.57. The summed E-state index contributed by atoms with van der Waals surface area (Å²) in [6.07, 6.45) is 9.87. The minimum atomic E-state index is 0.0701. The fraction of sp³-hybridized carbons (Fsp3) is 0.750. The molecule has 0 bridgehead atoms. The van der Waals surface area contributed by atoms with Crippen molar-refractivity contribution in [2.75, 3.05) is 6.54 Å². The maximum absolute atomic E-state index is 12.2. The lowest BCUT2D eigenvalue weighted by molar-refractivity contribution is 0.0954. The van der Waals surface area contributed by atoms with Crippen LogP contribution in [0, 0.1) is 12.8 Å². The molecule has 1 aromatic rings. The van der Waals surface area contributed by atoms with Gasteiger partial charge in [0, 0.05) is 6.54 Å². The Morgan fingerprint density at radius 2 is 2.15 bits per heavy atom. The van der Waals surface area contributed by atoms with Crippen LogP contribution < -0.4 is 5.32 Å². The molecular weight excluding hydrogens is 268 g/mol. The molecular formula is C16H26N2OS. The number of nitrogens with one attached hydrogen (secondary N) is 1. The van der Waals surface area contributed by atoms with Gasteiger partial charge in [-0.05, 0) is 32.1 Å². The van der Waals surface area contributed by atoms with Gasteiger partial charge < -0.3 is 5.32 Å². The Bertz CT molecular complexity index is 436. The van der Waals surface area contributed by atoms with Crippen molar-refractivity contribution in [1.82, 2.24) is 10.3 Å². The van der Waals surface area contributed by atoms with E-state index in [4.69, 9.17) is 0 Å². The standard InChI is InChI=1S/C16H26N2OS/c1-3-4-9-14-18-12(2)15(20-14)16(19)17-11-10-13-7-5-6-8-13/h13H,3-11H2,1-2H3,(H,17,19). The number of carbonyl (C=O) groups excluding carboxylic acids is 1. The van der Waals surface area contributed by atoms with Crippen molar-refractivity contribution in [3.05, 3.63) is 15.6 Å². The first-order valence-electron chi connectivity index (χ1n) is 7.95. The van der Waals surface area contributed by atoms with Gasteiger partial charge in [-0.1, -0.05) is 39.0 Å². The molecule has 2 rings (SSSR count). The summed E-state index contributed by atoms with van der Waals surface area (Å²) in [6.45, 7) is 4.93. The second-order valence-electron chi connectivity index (χ2n) is 5.82. The van der Waals surface area contributed by atoms with Crippen molar-refractivity contribution in [2.24, 2.45) is 5.92 Å². The van der Waals surface area contributed by atoms with E-state index in [-0.39, 0.29) is 5.91 Å². The number of amides is 1. The second kappa shape index (κ2) is 7.77. The van der Waals surface area contributed by atoms with Gasteiger partial charge in [0.25, 0.3) is 5.91 Å². The van der Waals surface area contributed by atoms with Gasteiger partial charge in [-0.2, -0.15) is 0 Å². The zero-order valence-corrected chi connectivity index (χ0v) is 13.5. The minimum absolute atomic E-state index is 0.0701. The van der Waals surface area contributed by atoms with Crippen LogP contribution in [0.25, 0.3) is 0 Å². The SMILES string of the molecule is CCCCc1nc(C)c(C(=O)NCCC2CCCC2)s1. The summed E-state index contributed by atoms with van der Waals surface area (Å²) in [4.78, 5) is 17.5. The molecule has 1 N–H and O–H groups in total. The van der Waals surface area contributed by atoms with Gasteiger partial charge in [0.1, 0.15) is 4.88 Å². The molecule has 112 valence electrons. The molecule has 20 heavy (non-hydrogen) atoms. The van der Waals surface area contributed by atoms with Crippen LogP contribution in [0.2, 0.25) is 0 Å². The fourth-order valence-electron chi connectivity index (χ4n) is 2.87. The van der Waals surface area contributed by atoms with Crippen molar-refractivity contribution < 1.29 is 4.79 Å². The van der Waals surface area contributed by atoms with Crippen molar-refractivity contribution >= 4 is 17.2 Å². The van der Waals surface area contributed by atoms with E-state index in [2.05, 4.69) is 17.2 Å². The second-order valence-corrected chi connectivity index (χ2v) is 6.90. The fourth-order valence-corrected chi connectivity index (χ4v) is 3.89. The third kappa shape index (κ3) is 4.30. The number of carbonyl (C=O) groups is 1. The number of unbranched alkanes of at least 4 members (excludes halogenated alkanes) is 1. The average molecular weight is 294 g/mol. The van der Waals surface area contributed by atoms with Gasteiger partial charge in [-0.25, -0.2) is 4.98 Å². The third-order valence-electron chi connectivity index (χ3n) is 4.10. The molecule has 1 saturated carbocycles. The van der Waals surface area contributed by atoms with Crippen LogP contribution in [0.3, 0.4) is 0 Å². The number of rotatable bonds is 7. The Labute approximate surface area is 126 Å². The lowest BCUT2D eigenvalue weighted by Crippen LogP contribution is -2.25. The van der Waals surface area contributed by atoms with Crippen LogP contribution in [-0.4, -0.2) is 17.4 Å². The van der Waals surface area contributed by atoms with Gasteiger partial charge >= 0.3 is 0 Å². The number of aryl methyl sites for hydroxylation is 2. The summed E-state index contributed by atoms with van der Waals surface area (Å²) in [5, 5.41) is 4.17. The molecule has 1 fully saturated rings. The van der Waals surface area contributed by atoms with E-state index in [0.717, 1.165) is 47.3 Å². The molecule has 1 amide bonds. The molecule has 0 unspecified atom stereocenters. The highest BCUT2D eigenvalue weighted by atomic mass is 32.1. The van der Waals surface area contributed by atoms with E-state index in [0.29, 0.717) is 0 Å². The first-order chi connectivity index (χ1) is 9.70. The monoisotopic (exact) mass is 294 g/mol. The minimum Gasteiger partial charge on any atom is -0.351 e. The molecule has 4 heteroatoms. The van der Waals surface area contributed by atoms with E-state index in [9.17, 15) is 4.79 Å². The lowest BCUT2D eigenvalue weighted by Gasteiger charge is -2.09. The molecule has 0 spiro atoms. The summed E-state index contributed by atoms with van der Waals surface area (Å²) in [6, 6.07) is 0. The van der Waals surface area contributed by atoms with Crippen LogP contribution in [0.15, 0.2) is 0 Å². The highest BCUT2D eigenvalue weighted by Crippen LogP contribution is 2.27. The Hall–Kier alpha value is -0.900. The number of hydrogen-bond donors (Lipinski definition) is 1. The first-order valence-corrected chi connectivity index (χ1v) is 8.77. The normalized spacial score (nSPS) is 15.7. The van der Waals surface area contributed by atoms with Gasteiger partial charge in [0.15, 0.2) is 0 Å². The maximum Gasteiger partial charge on any atom is 0.263 e. The van der Waals surface area contributed by atoms with Crippen molar-refractivity contribution in [3.8, 4) is 0 Å². The van der Waals surface area contributed by atoms with Gasteiger partial charge in [-0.3, -0.25) is 4.79 Å². The Balaban J connectivity index is 1.80. The van der Waals surface area contributed by atoms with E-state index in [1.165, 1.54) is 32.1 Å². The molecule has 0 radical (unpaired) electrons. The van der Waals surface area contributed by atoms with Crippen LogP contribution in [-0.2, 0) is 6.42 Å². The molecule has 1 aliphatic carbocycles. The van der Waals surface area contributed by atoms with Crippen LogP contribution >= 0.6 is 11.3 Å². The largest absolute Gasteiger partial charge is 0.351 e. The summed E-state index contributed by atoms with van der Waals surface area (Å²) < 4.78 is 0. The molecule has 3 nitrogen and oxygen atoms in total. The predicted molar refractivity (Wildman–Crippen MR) is 84.4 cm³/mol. The van der Waals surface area contributed by atoms with E-state index in [1.54, 1.807) is 11.3 Å². The van der Waals surface area contributed by atoms with E-state index < -0.39 is 0 Å². The van der Waals surface area contributed by atoms with Gasteiger partial charge in [0.05, 0.1) is 10.7 Å². The number of thiazole rings is 1. The molecule has 1 aliphatic rings. The van der Waals surface area contributed by atoms with Gasteiger partial charge in [-0.15, -0.1) is 11.3 Å². The van der Waals surface area contributed by atoms with Crippen molar-refractivity contribution in [1.29, 1.82) is 0 Å². The number of nitrogens with zero attached hydrogens (tertiary/aromatic N) is 1. The highest BCUT2D eigenvalue weighted by Gasteiger charge is 2.17. The van der Waals surface area contributed by atoms with E-state index >= 15 is 0 Å².